The van der Waals surface area contributed by atoms with Gasteiger partial charge in [0, 0.05) is 38.1 Å². The molecule has 1 atom stereocenters. The molecule has 1 aromatic carbocycles. The molecule has 138 valence electrons. The SMILES string of the molecule is CCCNC(=O)[C@@H](C)N1CCN(S(=O)(=O)/C=C/c2ccccc2)CC1. The standard InChI is InChI=1S/C18H27N3O3S/c1-3-10-19-18(22)16(2)20-11-13-21(14-12-20)25(23,24)15-9-17-7-5-4-6-8-17/h4-9,15-16H,3,10-14H2,1-2H3,(H,19,22)/b15-9+/t16-/m1/s1. The summed E-state index contributed by atoms with van der Waals surface area (Å²) >= 11 is 0. The molecule has 1 saturated heterocycles. The summed E-state index contributed by atoms with van der Waals surface area (Å²) in [5.74, 6) is 0.00197. The molecule has 0 bridgehead atoms. The maximum absolute atomic E-state index is 12.5. The van der Waals surface area contributed by atoms with Crippen LogP contribution in [-0.2, 0) is 14.8 Å². The second-order valence-electron chi connectivity index (χ2n) is 6.16. The summed E-state index contributed by atoms with van der Waals surface area (Å²) in [6, 6.07) is 9.12. The van der Waals surface area contributed by atoms with Crippen molar-refractivity contribution in [2.75, 3.05) is 32.7 Å². The number of nitrogens with one attached hydrogen (secondary N) is 1. The number of amides is 1. The Kier molecular flexibility index (Phi) is 7.16. The Morgan fingerprint density at radius 1 is 1.20 bits per heavy atom. The third kappa shape index (κ3) is 5.66. The summed E-state index contributed by atoms with van der Waals surface area (Å²) < 4.78 is 26.4. The van der Waals surface area contributed by atoms with Crippen molar-refractivity contribution in [2.24, 2.45) is 0 Å². The molecule has 0 spiro atoms. The van der Waals surface area contributed by atoms with E-state index in [-0.39, 0.29) is 11.9 Å². The number of carbonyl (C=O) groups is 1. The molecule has 1 aliphatic heterocycles. The van der Waals surface area contributed by atoms with Gasteiger partial charge in [-0.25, -0.2) is 8.42 Å². The molecule has 1 aromatic rings. The molecule has 1 amide bonds. The number of hydrogen-bond acceptors (Lipinski definition) is 4. The molecule has 7 heteroatoms. The largest absolute Gasteiger partial charge is 0.355 e. The third-order valence-electron chi connectivity index (χ3n) is 4.34. The second-order valence-corrected chi connectivity index (χ2v) is 7.98. The number of piperazine rings is 1. The van der Waals surface area contributed by atoms with E-state index in [0.717, 1.165) is 12.0 Å². The van der Waals surface area contributed by atoms with Crippen LogP contribution in [0.4, 0.5) is 0 Å². The van der Waals surface area contributed by atoms with Crippen LogP contribution in [0.1, 0.15) is 25.8 Å². The van der Waals surface area contributed by atoms with Gasteiger partial charge in [0.25, 0.3) is 0 Å². The highest BCUT2D eigenvalue weighted by atomic mass is 32.2. The monoisotopic (exact) mass is 365 g/mol. The molecule has 1 fully saturated rings. The number of carbonyl (C=O) groups excluding carboxylic acids is 1. The summed E-state index contributed by atoms with van der Waals surface area (Å²) in [6.45, 7) is 6.45. The fraction of sp³-hybridized carbons (Fsp3) is 0.500. The Balaban J connectivity index is 1.90. The molecule has 0 aromatic heterocycles. The van der Waals surface area contributed by atoms with Gasteiger partial charge in [0.1, 0.15) is 0 Å². The van der Waals surface area contributed by atoms with Crippen LogP contribution in [0, 0.1) is 0 Å². The van der Waals surface area contributed by atoms with Crippen molar-refractivity contribution in [3.05, 3.63) is 41.3 Å². The zero-order chi connectivity index (χ0) is 18.3. The van der Waals surface area contributed by atoms with E-state index in [4.69, 9.17) is 0 Å². The summed E-state index contributed by atoms with van der Waals surface area (Å²) in [5.41, 5.74) is 0.853. The van der Waals surface area contributed by atoms with Crippen LogP contribution >= 0.6 is 0 Å². The van der Waals surface area contributed by atoms with Crippen molar-refractivity contribution >= 4 is 22.0 Å². The fourth-order valence-corrected chi connectivity index (χ4v) is 3.90. The molecule has 1 heterocycles. The minimum atomic E-state index is -3.44. The van der Waals surface area contributed by atoms with E-state index in [2.05, 4.69) is 5.32 Å². The van der Waals surface area contributed by atoms with Gasteiger partial charge in [-0.15, -0.1) is 0 Å². The Morgan fingerprint density at radius 2 is 1.84 bits per heavy atom. The van der Waals surface area contributed by atoms with Gasteiger partial charge in [0.15, 0.2) is 0 Å². The number of hydrogen-bond donors (Lipinski definition) is 1. The van der Waals surface area contributed by atoms with Gasteiger partial charge in [0.2, 0.25) is 15.9 Å². The molecule has 1 aliphatic rings. The Morgan fingerprint density at radius 3 is 2.44 bits per heavy atom. The van der Waals surface area contributed by atoms with Crippen LogP contribution in [0.2, 0.25) is 0 Å². The summed E-state index contributed by atoms with van der Waals surface area (Å²) in [4.78, 5) is 14.1. The normalized spacial score (nSPS) is 18.3. The molecule has 0 aliphatic carbocycles. The number of benzene rings is 1. The molecule has 2 rings (SSSR count). The van der Waals surface area contributed by atoms with Gasteiger partial charge in [-0.05, 0) is 25.0 Å². The van der Waals surface area contributed by atoms with Gasteiger partial charge in [-0.3, -0.25) is 9.69 Å². The van der Waals surface area contributed by atoms with Crippen molar-refractivity contribution in [2.45, 2.75) is 26.3 Å². The van der Waals surface area contributed by atoms with Crippen molar-refractivity contribution in [3.8, 4) is 0 Å². The number of nitrogens with zero attached hydrogens (tertiary/aromatic N) is 2. The Bertz CT molecular complexity index is 681. The van der Waals surface area contributed by atoms with E-state index in [9.17, 15) is 13.2 Å². The summed E-state index contributed by atoms with van der Waals surface area (Å²) in [5, 5.41) is 4.14. The van der Waals surface area contributed by atoms with Crippen LogP contribution in [-0.4, -0.2) is 62.3 Å². The molecule has 1 N–H and O–H groups in total. The third-order valence-corrected chi connectivity index (χ3v) is 5.91. The number of rotatable bonds is 7. The van der Waals surface area contributed by atoms with Crippen LogP contribution in [0.5, 0.6) is 0 Å². The lowest BCUT2D eigenvalue weighted by molar-refractivity contribution is -0.126. The first-order valence-corrected chi connectivity index (χ1v) is 10.2. The number of sulfonamides is 1. The van der Waals surface area contributed by atoms with Crippen LogP contribution < -0.4 is 5.32 Å². The maximum atomic E-state index is 12.5. The highest BCUT2D eigenvalue weighted by molar-refractivity contribution is 7.92. The molecular weight excluding hydrogens is 338 g/mol. The topological polar surface area (TPSA) is 69.7 Å². The quantitative estimate of drug-likeness (QED) is 0.795. The first-order chi connectivity index (χ1) is 11.9. The van der Waals surface area contributed by atoms with Crippen molar-refractivity contribution < 1.29 is 13.2 Å². The minimum Gasteiger partial charge on any atom is -0.355 e. The molecule has 25 heavy (non-hydrogen) atoms. The van der Waals surface area contributed by atoms with Crippen LogP contribution in [0.3, 0.4) is 0 Å². The zero-order valence-corrected chi connectivity index (χ0v) is 15.7. The van der Waals surface area contributed by atoms with E-state index in [1.165, 1.54) is 9.71 Å². The van der Waals surface area contributed by atoms with E-state index in [1.807, 2.05) is 49.1 Å². The van der Waals surface area contributed by atoms with E-state index in [1.54, 1.807) is 6.08 Å². The molecular formula is C18H27N3O3S. The highest BCUT2D eigenvalue weighted by Gasteiger charge is 2.29. The first kappa shape index (κ1) is 19.6. The first-order valence-electron chi connectivity index (χ1n) is 8.69. The lowest BCUT2D eigenvalue weighted by Gasteiger charge is -2.36. The molecule has 0 unspecified atom stereocenters. The summed E-state index contributed by atoms with van der Waals surface area (Å²) in [6.07, 6.45) is 2.51. The highest BCUT2D eigenvalue weighted by Crippen LogP contribution is 2.13. The van der Waals surface area contributed by atoms with Gasteiger partial charge in [-0.2, -0.15) is 4.31 Å². The van der Waals surface area contributed by atoms with Crippen molar-refractivity contribution in [1.82, 2.24) is 14.5 Å². The minimum absolute atomic E-state index is 0.00197. The Hall–Kier alpha value is -1.70. The maximum Gasteiger partial charge on any atom is 0.237 e. The second kappa shape index (κ2) is 9.12. The molecule has 0 saturated carbocycles. The summed E-state index contributed by atoms with van der Waals surface area (Å²) in [7, 11) is -3.44. The van der Waals surface area contributed by atoms with E-state index in [0.29, 0.717) is 32.7 Å². The molecule has 0 radical (unpaired) electrons. The van der Waals surface area contributed by atoms with Crippen molar-refractivity contribution in [1.29, 1.82) is 0 Å². The van der Waals surface area contributed by atoms with Gasteiger partial charge >= 0.3 is 0 Å². The van der Waals surface area contributed by atoms with Gasteiger partial charge < -0.3 is 5.32 Å². The zero-order valence-electron chi connectivity index (χ0n) is 14.9. The van der Waals surface area contributed by atoms with Gasteiger partial charge in [0.05, 0.1) is 6.04 Å². The molecule has 6 nitrogen and oxygen atoms in total. The van der Waals surface area contributed by atoms with E-state index >= 15 is 0 Å². The average Bonchev–Trinajstić information content (AvgIpc) is 2.65. The average molecular weight is 365 g/mol. The fourth-order valence-electron chi connectivity index (χ4n) is 2.72. The predicted molar refractivity (Wildman–Crippen MR) is 100 cm³/mol. The van der Waals surface area contributed by atoms with E-state index < -0.39 is 10.0 Å². The van der Waals surface area contributed by atoms with Gasteiger partial charge in [-0.1, -0.05) is 37.3 Å². The predicted octanol–water partition coefficient (Wildman–Crippen LogP) is 1.52. The van der Waals surface area contributed by atoms with Crippen molar-refractivity contribution in [3.63, 3.8) is 0 Å². The Labute approximate surface area is 150 Å². The van der Waals surface area contributed by atoms with Crippen LogP contribution in [0.15, 0.2) is 35.7 Å². The lowest BCUT2D eigenvalue weighted by atomic mass is 10.2. The lowest BCUT2D eigenvalue weighted by Crippen LogP contribution is -2.54. The smallest absolute Gasteiger partial charge is 0.237 e. The van der Waals surface area contributed by atoms with Crippen LogP contribution in [0.25, 0.3) is 6.08 Å².